The maximum Gasteiger partial charge on any atom is 0.289 e. The molecule has 0 aliphatic carbocycles. The summed E-state index contributed by atoms with van der Waals surface area (Å²) in [5.41, 5.74) is 5.37. The summed E-state index contributed by atoms with van der Waals surface area (Å²) in [7, 11) is 0. The normalized spacial score (nSPS) is 17.1. The largest absolute Gasteiger partial charge is 0.432 e. The minimum Gasteiger partial charge on any atom is -0.432 e. The average molecular weight is 450 g/mol. The number of aryl methyl sites for hydroxylation is 1. The first-order valence-electron chi connectivity index (χ1n) is 11.0. The van der Waals surface area contributed by atoms with E-state index in [4.69, 9.17) is 13.9 Å². The van der Waals surface area contributed by atoms with Crippen molar-refractivity contribution in [3.8, 4) is 0 Å². The second-order valence-corrected chi connectivity index (χ2v) is 7.99. The lowest BCUT2D eigenvalue weighted by Crippen LogP contribution is -2.40. The molecule has 172 valence electrons. The molecule has 5 rings (SSSR count). The quantitative estimate of drug-likeness (QED) is 0.466. The number of carbonyl (C=O) groups is 1. The van der Waals surface area contributed by atoms with Gasteiger partial charge in [-0.3, -0.25) is 4.79 Å². The fourth-order valence-corrected chi connectivity index (χ4v) is 3.92. The second-order valence-electron chi connectivity index (χ2n) is 7.99. The van der Waals surface area contributed by atoms with Crippen LogP contribution in [0.1, 0.15) is 21.7 Å². The molecule has 0 unspecified atom stereocenters. The van der Waals surface area contributed by atoms with Gasteiger partial charge in [-0.05, 0) is 12.5 Å². The van der Waals surface area contributed by atoms with E-state index < -0.39 is 0 Å². The number of hydrogen-bond donors (Lipinski definition) is 1. The minimum absolute atomic E-state index is 0.170. The van der Waals surface area contributed by atoms with Crippen LogP contribution in [0.25, 0.3) is 11.1 Å². The summed E-state index contributed by atoms with van der Waals surface area (Å²) in [4.78, 5) is 26.0. The van der Waals surface area contributed by atoms with Gasteiger partial charge in [0.2, 0.25) is 11.7 Å². The Morgan fingerprint density at radius 2 is 1.82 bits per heavy atom. The van der Waals surface area contributed by atoms with Crippen LogP contribution < -0.4 is 10.3 Å². The van der Waals surface area contributed by atoms with Gasteiger partial charge in [-0.1, -0.05) is 29.8 Å². The van der Waals surface area contributed by atoms with Gasteiger partial charge in [0.15, 0.2) is 5.76 Å². The number of rotatable bonds is 5. The number of amides is 1. The molecule has 0 radical (unpaired) electrons. The smallest absolute Gasteiger partial charge is 0.289 e. The molecule has 0 spiro atoms. The van der Waals surface area contributed by atoms with E-state index in [0.29, 0.717) is 75.5 Å². The number of aromatic nitrogens is 2. The topological polar surface area (TPSA) is 105 Å². The van der Waals surface area contributed by atoms with E-state index in [0.717, 1.165) is 11.1 Å². The summed E-state index contributed by atoms with van der Waals surface area (Å²) in [6.07, 6.45) is 1.71. The molecule has 2 saturated heterocycles. The number of hydrazone groups is 1. The molecule has 1 N–H and O–H groups in total. The third kappa shape index (κ3) is 4.81. The van der Waals surface area contributed by atoms with Crippen molar-refractivity contribution in [2.45, 2.75) is 6.92 Å². The van der Waals surface area contributed by atoms with Crippen molar-refractivity contribution in [2.24, 2.45) is 5.10 Å². The van der Waals surface area contributed by atoms with Crippen LogP contribution in [0.5, 0.6) is 0 Å². The van der Waals surface area contributed by atoms with Crippen molar-refractivity contribution >= 4 is 35.0 Å². The zero-order valence-corrected chi connectivity index (χ0v) is 18.5. The Hall–Kier alpha value is -3.50. The van der Waals surface area contributed by atoms with Gasteiger partial charge in [0.25, 0.3) is 5.91 Å². The summed E-state index contributed by atoms with van der Waals surface area (Å²) >= 11 is 0. The Labute approximate surface area is 191 Å². The fourth-order valence-electron chi connectivity index (χ4n) is 3.92. The predicted molar refractivity (Wildman–Crippen MR) is 124 cm³/mol. The molecule has 0 bridgehead atoms. The van der Waals surface area contributed by atoms with Crippen molar-refractivity contribution in [1.29, 1.82) is 0 Å². The maximum atomic E-state index is 13.0. The summed E-state index contributed by atoms with van der Waals surface area (Å²) in [6.45, 7) is 6.76. The van der Waals surface area contributed by atoms with Crippen LogP contribution in [0.15, 0.2) is 39.9 Å². The molecule has 0 saturated carbocycles. The number of nitrogens with one attached hydrogen (secondary N) is 1. The zero-order valence-electron chi connectivity index (χ0n) is 18.5. The Balaban J connectivity index is 1.45. The van der Waals surface area contributed by atoms with Crippen LogP contribution in [0.4, 0.5) is 11.8 Å². The molecule has 1 aromatic carbocycles. The first kappa shape index (κ1) is 21.4. The lowest BCUT2D eigenvalue weighted by molar-refractivity contribution is 0.0284. The van der Waals surface area contributed by atoms with Gasteiger partial charge in [-0.25, -0.2) is 5.43 Å². The Morgan fingerprint density at radius 1 is 1.06 bits per heavy atom. The number of anilines is 2. The average Bonchev–Trinajstić information content (AvgIpc) is 3.28. The van der Waals surface area contributed by atoms with E-state index in [1.165, 1.54) is 0 Å². The van der Waals surface area contributed by atoms with Crippen LogP contribution in [0.2, 0.25) is 0 Å². The Morgan fingerprint density at radius 3 is 2.58 bits per heavy atom. The predicted octanol–water partition coefficient (Wildman–Crippen LogP) is 2.29. The van der Waals surface area contributed by atoms with Crippen LogP contribution >= 0.6 is 0 Å². The highest BCUT2D eigenvalue weighted by Crippen LogP contribution is 2.29. The van der Waals surface area contributed by atoms with Gasteiger partial charge in [0.05, 0.1) is 38.0 Å². The second kappa shape index (κ2) is 9.55. The highest BCUT2D eigenvalue weighted by molar-refractivity contribution is 5.98. The van der Waals surface area contributed by atoms with Gasteiger partial charge < -0.3 is 23.7 Å². The van der Waals surface area contributed by atoms with Crippen molar-refractivity contribution in [1.82, 2.24) is 14.9 Å². The van der Waals surface area contributed by atoms with Crippen molar-refractivity contribution < 1.29 is 18.7 Å². The standard InChI is InChI=1S/C23H26N6O4/c1-16-3-2-4-17(13-16)15-24-27-23-25-20(28-5-9-31-10-6-28)18-14-19(33-21(18)26-23)22(30)29-7-11-32-12-8-29/h2-4,13-15H,5-12H2,1H3,(H,25,26,27)/b24-15+. The number of hydrogen-bond acceptors (Lipinski definition) is 9. The third-order valence-electron chi connectivity index (χ3n) is 5.61. The van der Waals surface area contributed by atoms with Gasteiger partial charge in [0.1, 0.15) is 5.82 Å². The SMILES string of the molecule is Cc1cccc(/C=N/Nc2nc(N3CCOCC3)c3cc(C(=O)N4CCOCC4)oc3n2)c1. The summed E-state index contributed by atoms with van der Waals surface area (Å²) in [5.74, 6) is 1.07. The Kier molecular flexibility index (Phi) is 6.18. The van der Waals surface area contributed by atoms with E-state index in [1.54, 1.807) is 17.2 Å². The van der Waals surface area contributed by atoms with E-state index in [1.807, 2.05) is 31.2 Å². The number of fused-ring (bicyclic) bond motifs is 1. The molecule has 10 heteroatoms. The number of ether oxygens (including phenoxy) is 2. The molecular formula is C23H26N6O4. The van der Waals surface area contributed by atoms with E-state index in [-0.39, 0.29) is 11.7 Å². The Bertz CT molecular complexity index is 1160. The molecule has 0 atom stereocenters. The maximum absolute atomic E-state index is 13.0. The highest BCUT2D eigenvalue weighted by atomic mass is 16.5. The van der Waals surface area contributed by atoms with Crippen LogP contribution in [-0.2, 0) is 9.47 Å². The number of carbonyl (C=O) groups excluding carboxylic acids is 1. The molecule has 1 amide bonds. The van der Waals surface area contributed by atoms with Crippen LogP contribution in [0, 0.1) is 6.92 Å². The number of benzene rings is 1. The van der Waals surface area contributed by atoms with Gasteiger partial charge in [0, 0.05) is 32.2 Å². The van der Waals surface area contributed by atoms with Gasteiger partial charge in [-0.2, -0.15) is 15.1 Å². The van der Waals surface area contributed by atoms with E-state index >= 15 is 0 Å². The summed E-state index contributed by atoms with van der Waals surface area (Å²) in [5, 5.41) is 4.98. The fraction of sp³-hybridized carbons (Fsp3) is 0.391. The summed E-state index contributed by atoms with van der Waals surface area (Å²) in [6, 6.07) is 9.74. The van der Waals surface area contributed by atoms with E-state index in [9.17, 15) is 4.79 Å². The molecule has 2 fully saturated rings. The molecule has 33 heavy (non-hydrogen) atoms. The van der Waals surface area contributed by atoms with Gasteiger partial charge >= 0.3 is 0 Å². The van der Waals surface area contributed by atoms with Crippen molar-refractivity contribution in [2.75, 3.05) is 62.9 Å². The molecule has 10 nitrogen and oxygen atoms in total. The first-order chi connectivity index (χ1) is 16.2. The summed E-state index contributed by atoms with van der Waals surface area (Å²) < 4.78 is 16.7. The molecule has 3 aromatic rings. The molecule has 2 aliphatic heterocycles. The minimum atomic E-state index is -0.170. The molecule has 2 aromatic heterocycles. The number of morpholine rings is 2. The number of furan rings is 1. The highest BCUT2D eigenvalue weighted by Gasteiger charge is 2.25. The van der Waals surface area contributed by atoms with Crippen molar-refractivity contribution in [3.63, 3.8) is 0 Å². The molecule has 4 heterocycles. The molecular weight excluding hydrogens is 424 g/mol. The van der Waals surface area contributed by atoms with E-state index in [2.05, 4.69) is 25.4 Å². The van der Waals surface area contributed by atoms with Crippen LogP contribution in [0.3, 0.4) is 0 Å². The lowest BCUT2D eigenvalue weighted by atomic mass is 10.2. The van der Waals surface area contributed by atoms with Gasteiger partial charge in [-0.15, -0.1) is 0 Å². The first-order valence-corrected chi connectivity index (χ1v) is 11.0. The van der Waals surface area contributed by atoms with Crippen molar-refractivity contribution in [3.05, 3.63) is 47.2 Å². The molecule has 2 aliphatic rings. The zero-order chi connectivity index (χ0) is 22.6. The van der Waals surface area contributed by atoms with Crippen LogP contribution in [-0.4, -0.2) is 79.6 Å². The monoisotopic (exact) mass is 450 g/mol. The lowest BCUT2D eigenvalue weighted by Gasteiger charge is -2.28. The number of nitrogens with zero attached hydrogens (tertiary/aromatic N) is 5. The third-order valence-corrected chi connectivity index (χ3v) is 5.61.